The molecule has 0 unspecified atom stereocenters. The van der Waals surface area contributed by atoms with E-state index in [0.717, 1.165) is 5.56 Å². The highest BCUT2D eigenvalue weighted by atomic mass is 35.5. The monoisotopic (exact) mass is 378 g/mol. The lowest BCUT2D eigenvalue weighted by Gasteiger charge is -2.19. The van der Waals surface area contributed by atoms with Crippen molar-refractivity contribution in [3.63, 3.8) is 0 Å². The van der Waals surface area contributed by atoms with Crippen LogP contribution in [0.2, 0.25) is 5.02 Å². The lowest BCUT2D eigenvalue weighted by Crippen LogP contribution is -2.32. The number of carbonyl (C=O) groups excluding carboxylic acids is 2. The number of aromatic nitrogens is 2. The molecule has 0 aliphatic heterocycles. The summed E-state index contributed by atoms with van der Waals surface area (Å²) in [6.45, 7) is 5.96. The van der Waals surface area contributed by atoms with Crippen LogP contribution in [0.5, 0.6) is 0 Å². The van der Waals surface area contributed by atoms with Gasteiger partial charge >= 0.3 is 6.09 Å². The summed E-state index contributed by atoms with van der Waals surface area (Å²) in [5, 5.41) is 6.05. The molecular weight excluding hydrogens is 356 g/mol. The Labute approximate surface area is 157 Å². The van der Waals surface area contributed by atoms with Crippen LogP contribution in [0, 0.1) is 0 Å². The molecule has 1 aromatic carbocycles. The van der Waals surface area contributed by atoms with Gasteiger partial charge in [0.15, 0.2) is 0 Å². The molecule has 26 heavy (non-hydrogen) atoms. The van der Waals surface area contributed by atoms with Crippen molar-refractivity contribution in [2.75, 3.05) is 6.54 Å². The van der Waals surface area contributed by atoms with Crippen LogP contribution in [-0.4, -0.2) is 34.1 Å². The molecule has 8 heteroatoms. The molecule has 3 N–H and O–H groups in total. The summed E-state index contributed by atoms with van der Waals surface area (Å²) in [6, 6.07) is 7.49. The van der Waals surface area contributed by atoms with Crippen LogP contribution in [-0.2, 0) is 17.7 Å². The van der Waals surface area contributed by atoms with Crippen LogP contribution in [0.15, 0.2) is 30.5 Å². The number of hydrogen-bond donors (Lipinski definition) is 3. The Bertz CT molecular complexity index is 768. The first kappa shape index (κ1) is 19.8. The maximum atomic E-state index is 12.1. The van der Waals surface area contributed by atoms with Gasteiger partial charge < -0.3 is 20.4 Å². The molecule has 2 aromatic rings. The third-order valence-electron chi connectivity index (χ3n) is 3.25. The molecule has 140 valence electrons. The topological polar surface area (TPSA) is 96.1 Å². The van der Waals surface area contributed by atoms with Gasteiger partial charge in [0.25, 0.3) is 5.91 Å². The maximum absolute atomic E-state index is 12.1. The fraction of sp³-hybridized carbons (Fsp3) is 0.389. The summed E-state index contributed by atoms with van der Waals surface area (Å²) in [4.78, 5) is 30.7. The van der Waals surface area contributed by atoms with Gasteiger partial charge in [-0.05, 0) is 44.9 Å². The Morgan fingerprint density at radius 2 is 2.04 bits per heavy atom. The predicted molar refractivity (Wildman–Crippen MR) is 99.2 cm³/mol. The van der Waals surface area contributed by atoms with Gasteiger partial charge in [0.2, 0.25) is 0 Å². The summed E-state index contributed by atoms with van der Waals surface area (Å²) in [5.41, 5.74) is 0.737. The van der Waals surface area contributed by atoms with Gasteiger partial charge in [0.05, 0.1) is 6.54 Å². The van der Waals surface area contributed by atoms with E-state index in [0.29, 0.717) is 23.8 Å². The van der Waals surface area contributed by atoms with Crippen molar-refractivity contribution in [3.05, 3.63) is 52.6 Å². The number of H-pyrrole nitrogens is 1. The predicted octanol–water partition coefficient (Wildman–Crippen LogP) is 3.06. The fourth-order valence-electron chi connectivity index (χ4n) is 2.14. The quantitative estimate of drug-likeness (QED) is 0.719. The molecule has 0 radical (unpaired) electrons. The van der Waals surface area contributed by atoms with Gasteiger partial charge in [-0.25, -0.2) is 9.78 Å². The third kappa shape index (κ3) is 6.76. The van der Waals surface area contributed by atoms with Crippen molar-refractivity contribution in [2.24, 2.45) is 0 Å². The molecule has 7 nitrogen and oxygen atoms in total. The van der Waals surface area contributed by atoms with Crippen LogP contribution < -0.4 is 10.6 Å². The number of rotatable bonds is 6. The van der Waals surface area contributed by atoms with E-state index in [1.54, 1.807) is 26.8 Å². The van der Waals surface area contributed by atoms with E-state index in [1.807, 2.05) is 18.2 Å². The highest BCUT2D eigenvalue weighted by molar-refractivity contribution is 6.30. The molecule has 0 aliphatic carbocycles. The molecule has 0 aliphatic rings. The van der Waals surface area contributed by atoms with Crippen LogP contribution in [0.1, 0.15) is 42.6 Å². The molecule has 0 bridgehead atoms. The smallest absolute Gasteiger partial charge is 0.408 e. The zero-order chi connectivity index (χ0) is 19.2. The SMILES string of the molecule is CC(C)(C)OC(=O)NCc1nc(C(=O)NCCc2cccc(Cl)c2)c[nH]1. The summed E-state index contributed by atoms with van der Waals surface area (Å²) >= 11 is 5.93. The first-order chi connectivity index (χ1) is 12.2. The van der Waals surface area contributed by atoms with E-state index in [4.69, 9.17) is 16.3 Å². The van der Waals surface area contributed by atoms with E-state index in [9.17, 15) is 9.59 Å². The summed E-state index contributed by atoms with van der Waals surface area (Å²) in [6.07, 6.45) is 1.63. The van der Waals surface area contributed by atoms with Crippen molar-refractivity contribution >= 4 is 23.6 Å². The summed E-state index contributed by atoms with van der Waals surface area (Å²) in [5.74, 6) is 0.183. The summed E-state index contributed by atoms with van der Waals surface area (Å²) in [7, 11) is 0. The number of aromatic amines is 1. The largest absolute Gasteiger partial charge is 0.444 e. The number of alkyl carbamates (subject to hydrolysis) is 1. The van der Waals surface area contributed by atoms with Gasteiger partial charge in [0, 0.05) is 17.8 Å². The molecular formula is C18H23ClN4O3. The zero-order valence-corrected chi connectivity index (χ0v) is 15.8. The van der Waals surface area contributed by atoms with E-state index in [1.165, 1.54) is 6.20 Å². The van der Waals surface area contributed by atoms with Gasteiger partial charge in [-0.2, -0.15) is 0 Å². The Kier molecular flexibility index (Phi) is 6.63. The van der Waals surface area contributed by atoms with E-state index in [2.05, 4.69) is 20.6 Å². The molecule has 0 atom stereocenters. The number of benzene rings is 1. The van der Waals surface area contributed by atoms with Crippen molar-refractivity contribution in [3.8, 4) is 0 Å². The second-order valence-corrected chi connectivity index (χ2v) is 7.16. The third-order valence-corrected chi connectivity index (χ3v) is 3.49. The van der Waals surface area contributed by atoms with Crippen LogP contribution in [0.4, 0.5) is 4.79 Å². The number of carbonyl (C=O) groups is 2. The van der Waals surface area contributed by atoms with E-state index >= 15 is 0 Å². The normalized spacial score (nSPS) is 11.1. The highest BCUT2D eigenvalue weighted by Crippen LogP contribution is 2.10. The molecule has 0 saturated heterocycles. The molecule has 0 spiro atoms. The summed E-state index contributed by atoms with van der Waals surface area (Å²) < 4.78 is 5.14. The van der Waals surface area contributed by atoms with Gasteiger partial charge in [-0.1, -0.05) is 23.7 Å². The minimum absolute atomic E-state index is 0.144. The lowest BCUT2D eigenvalue weighted by atomic mass is 10.1. The number of imidazole rings is 1. The number of amides is 2. The molecule has 1 aromatic heterocycles. The van der Waals surface area contributed by atoms with Crippen molar-refractivity contribution in [2.45, 2.75) is 39.3 Å². The molecule has 2 amide bonds. The molecule has 1 heterocycles. The lowest BCUT2D eigenvalue weighted by molar-refractivity contribution is 0.0522. The number of nitrogens with zero attached hydrogens (tertiary/aromatic N) is 1. The highest BCUT2D eigenvalue weighted by Gasteiger charge is 2.16. The van der Waals surface area contributed by atoms with Gasteiger partial charge in [-0.3, -0.25) is 4.79 Å². The fourth-order valence-corrected chi connectivity index (χ4v) is 2.35. The molecule has 0 saturated carbocycles. The molecule has 0 fully saturated rings. The van der Waals surface area contributed by atoms with Crippen LogP contribution in [0.3, 0.4) is 0 Å². The average Bonchev–Trinajstić information content (AvgIpc) is 3.00. The minimum atomic E-state index is -0.568. The Morgan fingerprint density at radius 1 is 1.27 bits per heavy atom. The van der Waals surface area contributed by atoms with Gasteiger partial charge in [-0.15, -0.1) is 0 Å². The number of nitrogens with one attached hydrogen (secondary N) is 3. The van der Waals surface area contributed by atoms with E-state index in [-0.39, 0.29) is 18.1 Å². The number of hydrogen-bond acceptors (Lipinski definition) is 4. The molecule has 2 rings (SSSR count). The first-order valence-corrected chi connectivity index (χ1v) is 8.64. The number of halogens is 1. The van der Waals surface area contributed by atoms with Crippen molar-refractivity contribution in [1.29, 1.82) is 0 Å². The van der Waals surface area contributed by atoms with E-state index < -0.39 is 11.7 Å². The zero-order valence-electron chi connectivity index (χ0n) is 15.1. The van der Waals surface area contributed by atoms with Gasteiger partial charge in [0.1, 0.15) is 17.1 Å². The first-order valence-electron chi connectivity index (χ1n) is 8.27. The average molecular weight is 379 g/mol. The number of ether oxygens (including phenoxy) is 1. The second kappa shape index (κ2) is 8.71. The second-order valence-electron chi connectivity index (χ2n) is 6.72. The standard InChI is InChI=1S/C18H23ClN4O3/c1-18(2,3)26-17(25)22-11-15-21-10-14(23-15)16(24)20-8-7-12-5-4-6-13(19)9-12/h4-6,9-10H,7-8,11H2,1-3H3,(H,20,24)(H,21,23)(H,22,25). The van der Waals surface area contributed by atoms with Crippen LogP contribution >= 0.6 is 11.6 Å². The van der Waals surface area contributed by atoms with Crippen molar-refractivity contribution < 1.29 is 14.3 Å². The Balaban J connectivity index is 1.77. The van der Waals surface area contributed by atoms with Crippen LogP contribution in [0.25, 0.3) is 0 Å². The Hall–Kier alpha value is -2.54. The van der Waals surface area contributed by atoms with Crippen molar-refractivity contribution in [1.82, 2.24) is 20.6 Å². The Morgan fingerprint density at radius 3 is 2.73 bits per heavy atom. The minimum Gasteiger partial charge on any atom is -0.444 e. The maximum Gasteiger partial charge on any atom is 0.408 e.